The summed E-state index contributed by atoms with van der Waals surface area (Å²) in [4.78, 5) is 14.3. The Labute approximate surface area is 146 Å². The minimum atomic E-state index is -0.851. The van der Waals surface area contributed by atoms with Crippen molar-refractivity contribution in [3.05, 3.63) is 50.5 Å². The number of pyridine rings is 1. The molecule has 0 aliphatic rings. The van der Waals surface area contributed by atoms with E-state index in [0.29, 0.717) is 16.0 Å². The highest BCUT2D eigenvalue weighted by Crippen LogP contribution is 2.39. The van der Waals surface area contributed by atoms with Gasteiger partial charge in [0.2, 0.25) is 11.6 Å². The molecule has 134 valence electrons. The average molecular weight is 358 g/mol. The summed E-state index contributed by atoms with van der Waals surface area (Å²) in [5.74, 6) is -1.52. The van der Waals surface area contributed by atoms with Gasteiger partial charge in [-0.25, -0.2) is 0 Å². The third-order valence-corrected chi connectivity index (χ3v) is 4.27. The minimum absolute atomic E-state index is 0.0576. The average Bonchev–Trinajstić information content (AvgIpc) is 3.08. The second-order valence-electron chi connectivity index (χ2n) is 5.75. The van der Waals surface area contributed by atoms with Crippen molar-refractivity contribution in [1.29, 1.82) is 0 Å². The van der Waals surface area contributed by atoms with Crippen LogP contribution in [0.25, 0.3) is 22.8 Å². The first-order valence-electron chi connectivity index (χ1n) is 7.45. The van der Waals surface area contributed by atoms with E-state index in [-0.39, 0.29) is 17.3 Å². The number of phenolic OH excluding ortho intramolecular Hbond substituents is 2. The van der Waals surface area contributed by atoms with Gasteiger partial charge in [0.25, 0.3) is 5.89 Å². The van der Waals surface area contributed by atoms with Crippen LogP contribution in [0.2, 0.25) is 0 Å². The molecule has 3 aromatic rings. The van der Waals surface area contributed by atoms with Crippen molar-refractivity contribution >= 4 is 5.69 Å². The van der Waals surface area contributed by atoms with Gasteiger partial charge in [0.05, 0.1) is 16.1 Å². The zero-order chi connectivity index (χ0) is 19.2. The molecule has 0 amide bonds. The molecule has 0 aliphatic heterocycles. The molecule has 10 nitrogen and oxygen atoms in total. The normalized spacial score (nSPS) is 10.9. The summed E-state index contributed by atoms with van der Waals surface area (Å²) in [5, 5.41) is 46.0. The summed E-state index contributed by atoms with van der Waals surface area (Å²) in [7, 11) is 0. The highest BCUT2D eigenvalue weighted by atomic mass is 16.6. The van der Waals surface area contributed by atoms with Crippen LogP contribution in [0.15, 0.2) is 22.9 Å². The molecule has 0 fully saturated rings. The van der Waals surface area contributed by atoms with Gasteiger partial charge in [-0.1, -0.05) is 5.16 Å². The molecule has 0 radical (unpaired) electrons. The Hall–Kier alpha value is -3.69. The van der Waals surface area contributed by atoms with Crippen LogP contribution in [0, 0.1) is 36.1 Å². The van der Waals surface area contributed by atoms with Gasteiger partial charge in [-0.05, 0) is 25.5 Å². The molecule has 26 heavy (non-hydrogen) atoms. The quantitative estimate of drug-likeness (QED) is 0.238. The Kier molecular flexibility index (Phi) is 3.95. The second kappa shape index (κ2) is 5.99. The molecular formula is C16H14N4O6. The molecule has 2 heterocycles. The van der Waals surface area contributed by atoms with Gasteiger partial charge < -0.3 is 19.9 Å². The van der Waals surface area contributed by atoms with Crippen LogP contribution in [0.1, 0.15) is 16.8 Å². The first-order valence-corrected chi connectivity index (χ1v) is 7.45. The van der Waals surface area contributed by atoms with Crippen molar-refractivity contribution in [2.45, 2.75) is 20.8 Å². The largest absolute Gasteiger partial charge is 0.618 e. The van der Waals surface area contributed by atoms with Crippen LogP contribution in [0.5, 0.6) is 11.5 Å². The van der Waals surface area contributed by atoms with Crippen molar-refractivity contribution in [3.8, 4) is 34.3 Å². The van der Waals surface area contributed by atoms with E-state index in [9.17, 15) is 25.5 Å². The van der Waals surface area contributed by atoms with Crippen LogP contribution in [-0.4, -0.2) is 25.3 Å². The summed E-state index contributed by atoms with van der Waals surface area (Å²) >= 11 is 0. The maximum Gasteiger partial charge on any atom is 0.315 e. The molecule has 0 saturated carbocycles. The Morgan fingerprint density at radius 3 is 2.54 bits per heavy atom. The van der Waals surface area contributed by atoms with Gasteiger partial charge >= 0.3 is 5.69 Å². The van der Waals surface area contributed by atoms with Gasteiger partial charge in [0.1, 0.15) is 0 Å². The summed E-state index contributed by atoms with van der Waals surface area (Å²) in [6, 6.07) is 2.08. The van der Waals surface area contributed by atoms with E-state index in [4.69, 9.17) is 4.52 Å². The molecule has 2 aromatic heterocycles. The fourth-order valence-electron chi connectivity index (χ4n) is 2.49. The van der Waals surface area contributed by atoms with E-state index in [1.54, 1.807) is 13.8 Å². The molecule has 0 saturated heterocycles. The topological polar surface area (TPSA) is 149 Å². The molecule has 2 N–H and O–H groups in total. The number of hydrogen-bond acceptors (Lipinski definition) is 8. The van der Waals surface area contributed by atoms with Crippen LogP contribution in [0.3, 0.4) is 0 Å². The molecular weight excluding hydrogens is 344 g/mol. The van der Waals surface area contributed by atoms with Gasteiger partial charge in [0.15, 0.2) is 17.6 Å². The van der Waals surface area contributed by atoms with E-state index in [1.165, 1.54) is 6.20 Å². The number of rotatable bonds is 3. The summed E-state index contributed by atoms with van der Waals surface area (Å²) in [6.07, 6.45) is 1.32. The van der Waals surface area contributed by atoms with Crippen molar-refractivity contribution in [3.63, 3.8) is 0 Å². The minimum Gasteiger partial charge on any atom is -0.618 e. The predicted octanol–water partition coefficient (Wildman–Crippen LogP) is 2.28. The second-order valence-corrected chi connectivity index (χ2v) is 5.75. The van der Waals surface area contributed by atoms with Crippen LogP contribution >= 0.6 is 0 Å². The van der Waals surface area contributed by atoms with Crippen molar-refractivity contribution in [2.75, 3.05) is 0 Å². The zero-order valence-corrected chi connectivity index (χ0v) is 14.0. The van der Waals surface area contributed by atoms with Gasteiger partial charge in [0, 0.05) is 18.6 Å². The number of benzene rings is 1. The van der Waals surface area contributed by atoms with Crippen LogP contribution < -0.4 is 4.73 Å². The summed E-state index contributed by atoms with van der Waals surface area (Å²) in [5.41, 5.74) is 1.94. The number of nitro benzene ring substituents is 1. The molecule has 0 aliphatic carbocycles. The van der Waals surface area contributed by atoms with E-state index in [0.717, 1.165) is 23.3 Å². The lowest BCUT2D eigenvalue weighted by molar-refractivity contribution is -0.612. The van der Waals surface area contributed by atoms with E-state index < -0.39 is 22.1 Å². The fourth-order valence-corrected chi connectivity index (χ4v) is 2.49. The molecule has 0 bridgehead atoms. The number of aromatic hydroxyl groups is 2. The third kappa shape index (κ3) is 2.66. The highest BCUT2D eigenvalue weighted by Gasteiger charge is 2.23. The first kappa shape index (κ1) is 17.1. The maximum absolute atomic E-state index is 12.0. The Bertz CT molecular complexity index is 1040. The number of aromatic nitrogens is 3. The van der Waals surface area contributed by atoms with Gasteiger partial charge in [-0.2, -0.15) is 9.71 Å². The first-order chi connectivity index (χ1) is 12.2. The SMILES string of the molecule is Cc1c(-c2noc(-c3cc(O)c(O)c([N+](=O)[O-])c3)n2)c[n+]([O-])c(C)c1C. The van der Waals surface area contributed by atoms with Crippen molar-refractivity contribution < 1.29 is 24.4 Å². The Balaban J connectivity index is 2.11. The third-order valence-electron chi connectivity index (χ3n) is 4.27. The number of phenols is 2. The van der Waals surface area contributed by atoms with E-state index in [2.05, 4.69) is 10.1 Å². The standard InChI is InChI=1S/C16H14N4O6/c1-7-8(2)11(6-19(23)9(7)3)15-17-16(26-18-15)10-4-12(20(24)25)14(22)13(21)5-10/h4-6,21-22H,1-3H3. The summed E-state index contributed by atoms with van der Waals surface area (Å²) < 4.78 is 5.81. The van der Waals surface area contributed by atoms with E-state index >= 15 is 0 Å². The lowest BCUT2D eigenvalue weighted by Gasteiger charge is -2.09. The molecule has 10 heteroatoms. The molecule has 0 unspecified atom stereocenters. The summed E-state index contributed by atoms with van der Waals surface area (Å²) in [6.45, 7) is 5.30. The lowest BCUT2D eigenvalue weighted by Crippen LogP contribution is -2.31. The Morgan fingerprint density at radius 1 is 1.19 bits per heavy atom. The van der Waals surface area contributed by atoms with E-state index in [1.807, 2.05) is 6.92 Å². The van der Waals surface area contributed by atoms with Crippen LogP contribution in [0.4, 0.5) is 5.69 Å². The smallest absolute Gasteiger partial charge is 0.315 e. The van der Waals surface area contributed by atoms with Crippen LogP contribution in [-0.2, 0) is 0 Å². The molecule has 0 atom stereocenters. The van der Waals surface area contributed by atoms with Crippen molar-refractivity contribution in [2.24, 2.45) is 0 Å². The van der Waals surface area contributed by atoms with Crippen molar-refractivity contribution in [1.82, 2.24) is 10.1 Å². The predicted molar refractivity (Wildman–Crippen MR) is 88.3 cm³/mol. The maximum atomic E-state index is 12.0. The molecule has 0 spiro atoms. The fraction of sp³-hybridized carbons (Fsp3) is 0.188. The number of nitrogens with zero attached hydrogens (tertiary/aromatic N) is 4. The van der Waals surface area contributed by atoms with Gasteiger partial charge in [-0.3, -0.25) is 10.1 Å². The molecule has 1 aromatic carbocycles. The zero-order valence-electron chi connectivity index (χ0n) is 14.0. The number of nitro groups is 1. The Morgan fingerprint density at radius 2 is 1.88 bits per heavy atom. The molecule has 3 rings (SSSR count). The number of hydrogen-bond donors (Lipinski definition) is 2. The highest BCUT2D eigenvalue weighted by molar-refractivity contribution is 5.69. The monoisotopic (exact) mass is 358 g/mol. The lowest BCUT2D eigenvalue weighted by atomic mass is 10.0. The van der Waals surface area contributed by atoms with Gasteiger partial charge in [-0.15, -0.1) is 0 Å².